The highest BCUT2D eigenvalue weighted by Crippen LogP contribution is 2.47. The number of aliphatic hydroxyl groups is 1. The minimum atomic E-state index is -1.19. The number of hydrogen-bond donors (Lipinski definition) is 2. The lowest BCUT2D eigenvalue weighted by Crippen LogP contribution is -2.37. The highest BCUT2D eigenvalue weighted by Gasteiger charge is 2.31. The van der Waals surface area contributed by atoms with E-state index in [0.717, 1.165) is 6.08 Å². The molecule has 1 unspecified atom stereocenters. The first kappa shape index (κ1) is 17.1. The standard InChI is InChI=1S/C19H20O6/c1-4-23-16(21)9-8-13(20)12-10-15-17-11(18(12)22)6-5-7-14(17)24-19(2,3)25-15/h5-10,13,20,22H,4H2,1-3H3/b9-8+. The maximum absolute atomic E-state index is 11.4. The van der Waals surface area contributed by atoms with Crippen LogP contribution in [0.2, 0.25) is 0 Å². The summed E-state index contributed by atoms with van der Waals surface area (Å²) in [5.74, 6) is -0.425. The Hall–Kier alpha value is -2.73. The maximum atomic E-state index is 11.4. The van der Waals surface area contributed by atoms with E-state index in [1.807, 2.05) is 0 Å². The molecule has 0 saturated heterocycles. The van der Waals surface area contributed by atoms with Crippen molar-refractivity contribution in [3.8, 4) is 17.2 Å². The fraction of sp³-hybridized carbons (Fsp3) is 0.316. The molecule has 25 heavy (non-hydrogen) atoms. The second-order valence-corrected chi connectivity index (χ2v) is 6.15. The van der Waals surface area contributed by atoms with Gasteiger partial charge in [0.05, 0.1) is 12.0 Å². The zero-order chi connectivity index (χ0) is 18.2. The summed E-state index contributed by atoms with van der Waals surface area (Å²) >= 11 is 0. The summed E-state index contributed by atoms with van der Waals surface area (Å²) in [6, 6.07) is 6.83. The Morgan fingerprint density at radius 3 is 2.76 bits per heavy atom. The van der Waals surface area contributed by atoms with E-state index < -0.39 is 17.9 Å². The van der Waals surface area contributed by atoms with Gasteiger partial charge in [-0.05, 0) is 25.1 Å². The van der Waals surface area contributed by atoms with Gasteiger partial charge in [-0.1, -0.05) is 12.1 Å². The third-order valence-corrected chi connectivity index (χ3v) is 3.82. The van der Waals surface area contributed by atoms with Crippen LogP contribution in [0.1, 0.15) is 32.4 Å². The molecule has 0 fully saturated rings. The molecule has 1 heterocycles. The molecule has 0 aromatic heterocycles. The summed E-state index contributed by atoms with van der Waals surface area (Å²) in [7, 11) is 0. The van der Waals surface area contributed by atoms with E-state index in [9.17, 15) is 15.0 Å². The van der Waals surface area contributed by atoms with Crippen LogP contribution in [0.5, 0.6) is 17.2 Å². The molecular formula is C19H20O6. The van der Waals surface area contributed by atoms with Crippen LogP contribution in [0.4, 0.5) is 0 Å². The average Bonchev–Trinajstić information content (AvgIpc) is 2.54. The van der Waals surface area contributed by atoms with Gasteiger partial charge in [-0.2, -0.15) is 0 Å². The monoisotopic (exact) mass is 344 g/mol. The smallest absolute Gasteiger partial charge is 0.330 e. The zero-order valence-electron chi connectivity index (χ0n) is 14.3. The third kappa shape index (κ3) is 3.25. The highest BCUT2D eigenvalue weighted by atomic mass is 16.7. The molecule has 0 saturated carbocycles. The number of aliphatic hydroxyl groups excluding tert-OH is 1. The lowest BCUT2D eigenvalue weighted by Gasteiger charge is -2.33. The van der Waals surface area contributed by atoms with E-state index in [-0.39, 0.29) is 17.9 Å². The highest BCUT2D eigenvalue weighted by molar-refractivity contribution is 5.99. The van der Waals surface area contributed by atoms with Crippen molar-refractivity contribution in [2.45, 2.75) is 32.7 Å². The number of carbonyl (C=O) groups excluding carboxylic acids is 1. The van der Waals surface area contributed by atoms with Gasteiger partial charge in [0.15, 0.2) is 0 Å². The third-order valence-electron chi connectivity index (χ3n) is 3.82. The summed E-state index contributed by atoms with van der Waals surface area (Å²) in [6.45, 7) is 5.49. The number of esters is 1. The summed E-state index contributed by atoms with van der Waals surface area (Å²) < 4.78 is 16.4. The minimum absolute atomic E-state index is 0.0893. The van der Waals surface area contributed by atoms with Gasteiger partial charge in [-0.15, -0.1) is 0 Å². The molecule has 2 aromatic rings. The van der Waals surface area contributed by atoms with Crippen LogP contribution in [-0.4, -0.2) is 28.6 Å². The van der Waals surface area contributed by atoms with Crippen LogP contribution in [-0.2, 0) is 9.53 Å². The number of aromatic hydroxyl groups is 1. The van der Waals surface area contributed by atoms with Crippen LogP contribution >= 0.6 is 0 Å². The molecule has 6 nitrogen and oxygen atoms in total. The van der Waals surface area contributed by atoms with Crippen LogP contribution in [0.15, 0.2) is 36.4 Å². The first-order valence-corrected chi connectivity index (χ1v) is 8.02. The lowest BCUT2D eigenvalue weighted by molar-refractivity contribution is -0.137. The molecule has 0 aliphatic carbocycles. The molecule has 2 aromatic carbocycles. The van der Waals surface area contributed by atoms with Gasteiger partial charge < -0.3 is 24.4 Å². The SMILES string of the molecule is CCOC(=O)/C=C/C(O)c1cc2c3c(cccc3c1O)OC(C)(C)O2. The van der Waals surface area contributed by atoms with E-state index in [0.29, 0.717) is 22.3 Å². The van der Waals surface area contributed by atoms with Crippen LogP contribution in [0.3, 0.4) is 0 Å². The second kappa shape index (κ2) is 6.29. The molecule has 132 valence electrons. The normalized spacial score (nSPS) is 16.3. The predicted molar refractivity (Wildman–Crippen MR) is 91.7 cm³/mol. The Labute approximate surface area is 145 Å². The summed E-state index contributed by atoms with van der Waals surface area (Å²) in [6.07, 6.45) is 1.21. The Morgan fingerprint density at radius 1 is 1.32 bits per heavy atom. The molecule has 0 bridgehead atoms. The van der Waals surface area contributed by atoms with Gasteiger partial charge in [-0.3, -0.25) is 0 Å². The Morgan fingerprint density at radius 2 is 2.04 bits per heavy atom. The molecule has 1 atom stereocenters. The van der Waals surface area contributed by atoms with Crippen molar-refractivity contribution in [1.82, 2.24) is 0 Å². The molecular weight excluding hydrogens is 324 g/mol. The zero-order valence-corrected chi connectivity index (χ0v) is 14.3. The van der Waals surface area contributed by atoms with Crippen LogP contribution in [0, 0.1) is 0 Å². The van der Waals surface area contributed by atoms with E-state index in [4.69, 9.17) is 14.2 Å². The Kier molecular flexibility index (Phi) is 4.30. The van der Waals surface area contributed by atoms with Gasteiger partial charge in [0.2, 0.25) is 5.79 Å². The van der Waals surface area contributed by atoms with Crippen LogP contribution in [0.25, 0.3) is 10.8 Å². The number of hydrogen-bond acceptors (Lipinski definition) is 6. The molecule has 0 amide bonds. The van der Waals surface area contributed by atoms with Gasteiger partial charge in [-0.25, -0.2) is 4.79 Å². The van der Waals surface area contributed by atoms with E-state index in [1.165, 1.54) is 6.08 Å². The van der Waals surface area contributed by atoms with Crippen molar-refractivity contribution in [2.75, 3.05) is 6.61 Å². The quantitative estimate of drug-likeness (QED) is 0.654. The second-order valence-electron chi connectivity index (χ2n) is 6.15. The van der Waals surface area contributed by atoms with E-state index >= 15 is 0 Å². The fourth-order valence-electron chi connectivity index (χ4n) is 2.83. The first-order valence-electron chi connectivity index (χ1n) is 8.02. The van der Waals surface area contributed by atoms with Gasteiger partial charge in [0.25, 0.3) is 0 Å². The van der Waals surface area contributed by atoms with Crippen molar-refractivity contribution in [1.29, 1.82) is 0 Å². The topological polar surface area (TPSA) is 85.2 Å². The number of benzene rings is 2. The molecule has 0 spiro atoms. The summed E-state index contributed by atoms with van der Waals surface area (Å²) in [5.41, 5.74) is 0.234. The molecule has 1 aliphatic heterocycles. The van der Waals surface area contributed by atoms with Gasteiger partial charge >= 0.3 is 5.97 Å². The Balaban J connectivity index is 2.07. The number of phenolic OH excluding ortho intramolecular Hbond substituents is 1. The number of carbonyl (C=O) groups is 1. The largest absolute Gasteiger partial charge is 0.507 e. The van der Waals surface area contributed by atoms with E-state index in [1.54, 1.807) is 45.0 Å². The molecule has 3 rings (SSSR count). The molecule has 6 heteroatoms. The molecule has 2 N–H and O–H groups in total. The lowest BCUT2D eigenvalue weighted by atomic mass is 9.98. The van der Waals surface area contributed by atoms with Gasteiger partial charge in [0.1, 0.15) is 23.4 Å². The fourth-order valence-corrected chi connectivity index (χ4v) is 2.83. The number of ether oxygens (including phenoxy) is 3. The molecule has 1 aliphatic rings. The van der Waals surface area contributed by atoms with Crippen molar-refractivity contribution < 1.29 is 29.2 Å². The van der Waals surface area contributed by atoms with Crippen molar-refractivity contribution in [2.24, 2.45) is 0 Å². The van der Waals surface area contributed by atoms with Crippen molar-refractivity contribution in [3.05, 3.63) is 42.0 Å². The maximum Gasteiger partial charge on any atom is 0.330 e. The number of rotatable bonds is 4. The first-order chi connectivity index (χ1) is 11.8. The average molecular weight is 344 g/mol. The van der Waals surface area contributed by atoms with E-state index in [2.05, 4.69) is 0 Å². The van der Waals surface area contributed by atoms with Crippen molar-refractivity contribution >= 4 is 16.7 Å². The number of phenols is 1. The Bertz CT molecular complexity index is 853. The van der Waals surface area contributed by atoms with Crippen molar-refractivity contribution in [3.63, 3.8) is 0 Å². The summed E-state index contributed by atoms with van der Waals surface area (Å²) in [5, 5.41) is 22.1. The predicted octanol–water partition coefficient (Wildman–Crippen LogP) is 3.21. The minimum Gasteiger partial charge on any atom is -0.507 e. The summed E-state index contributed by atoms with van der Waals surface area (Å²) in [4.78, 5) is 11.4. The molecule has 0 radical (unpaired) electrons. The van der Waals surface area contributed by atoms with Gasteiger partial charge in [0, 0.05) is 30.9 Å². The van der Waals surface area contributed by atoms with Crippen LogP contribution < -0.4 is 9.47 Å².